The predicted molar refractivity (Wildman–Crippen MR) is 138 cm³/mol. The molecular weight excluding hydrogens is 442 g/mol. The fourth-order valence-corrected chi connectivity index (χ4v) is 4.65. The first-order valence-corrected chi connectivity index (χ1v) is 11.6. The van der Waals surface area contributed by atoms with Crippen LogP contribution in [0.4, 0.5) is 5.69 Å². The molecule has 0 radical (unpaired) electrons. The van der Waals surface area contributed by atoms with Gasteiger partial charge in [-0.15, -0.1) is 0 Å². The van der Waals surface area contributed by atoms with Gasteiger partial charge in [0.05, 0.1) is 17.8 Å². The second-order valence-electron chi connectivity index (χ2n) is 8.31. The van der Waals surface area contributed by atoms with Crippen molar-refractivity contribution in [2.45, 2.75) is 19.0 Å². The van der Waals surface area contributed by atoms with E-state index in [1.807, 2.05) is 65.7 Å². The third-order valence-corrected chi connectivity index (χ3v) is 6.32. The molecule has 0 spiro atoms. The van der Waals surface area contributed by atoms with Crippen LogP contribution in [0.25, 0.3) is 5.69 Å². The van der Waals surface area contributed by atoms with Gasteiger partial charge in [-0.3, -0.25) is 9.78 Å². The van der Waals surface area contributed by atoms with Crippen molar-refractivity contribution in [1.82, 2.24) is 19.8 Å². The van der Waals surface area contributed by atoms with E-state index in [4.69, 9.17) is 12.2 Å². The number of hydrogen-bond acceptors (Lipinski definition) is 3. The highest BCUT2D eigenvalue weighted by Gasteiger charge is 2.42. The van der Waals surface area contributed by atoms with Gasteiger partial charge in [0.2, 0.25) is 5.91 Å². The summed E-state index contributed by atoms with van der Waals surface area (Å²) < 4.78 is 2.15. The summed E-state index contributed by atoms with van der Waals surface area (Å²) in [6.07, 6.45) is 3.82. The number of hydrogen-bond donors (Lipinski definition) is 2. The van der Waals surface area contributed by atoms with Crippen molar-refractivity contribution < 1.29 is 4.79 Å². The molecule has 1 saturated heterocycles. The van der Waals surface area contributed by atoms with Crippen LogP contribution in [-0.4, -0.2) is 32.0 Å². The lowest BCUT2D eigenvalue weighted by molar-refractivity contribution is -0.116. The Labute approximate surface area is 204 Å². The Morgan fingerprint density at radius 1 is 1.00 bits per heavy atom. The number of aromatic nitrogens is 2. The number of benzene rings is 2. The van der Waals surface area contributed by atoms with Crippen LogP contribution in [0.5, 0.6) is 0 Å². The summed E-state index contributed by atoms with van der Waals surface area (Å²) in [4.78, 5) is 19.5. The van der Waals surface area contributed by atoms with E-state index in [0.717, 1.165) is 22.8 Å². The maximum atomic E-state index is 13.0. The third-order valence-electron chi connectivity index (χ3n) is 5.96. The first-order valence-electron chi connectivity index (χ1n) is 11.2. The lowest BCUT2D eigenvalue weighted by Crippen LogP contribution is -2.37. The van der Waals surface area contributed by atoms with Crippen molar-refractivity contribution in [3.8, 4) is 5.69 Å². The van der Waals surface area contributed by atoms with E-state index in [-0.39, 0.29) is 24.5 Å². The molecule has 1 aliphatic heterocycles. The van der Waals surface area contributed by atoms with Crippen LogP contribution in [0.1, 0.15) is 29.0 Å². The van der Waals surface area contributed by atoms with Gasteiger partial charge in [0.15, 0.2) is 5.11 Å². The summed E-state index contributed by atoms with van der Waals surface area (Å²) in [6, 6.07) is 27.4. The zero-order valence-corrected chi connectivity index (χ0v) is 19.6. The topological polar surface area (TPSA) is 62.2 Å². The number of thiocarbonyl (C=S) groups is 1. The SMILES string of the molecule is Cc1ccc(-n2cccc2C2C(c3ccccn3)NC(=S)N2CC(=O)Nc2ccccc2)cc1. The van der Waals surface area contributed by atoms with Crippen LogP contribution in [0.2, 0.25) is 0 Å². The van der Waals surface area contributed by atoms with Crippen LogP contribution in [-0.2, 0) is 4.79 Å². The number of carbonyl (C=O) groups is 1. The molecule has 1 fully saturated rings. The summed E-state index contributed by atoms with van der Waals surface area (Å²) in [5, 5.41) is 6.92. The molecule has 2 aromatic heterocycles. The molecule has 0 saturated carbocycles. The molecule has 1 amide bonds. The van der Waals surface area contributed by atoms with E-state index in [1.165, 1.54) is 5.56 Å². The highest BCUT2D eigenvalue weighted by molar-refractivity contribution is 7.80. The molecule has 0 bridgehead atoms. The van der Waals surface area contributed by atoms with Gasteiger partial charge >= 0.3 is 0 Å². The summed E-state index contributed by atoms with van der Waals surface area (Å²) in [7, 11) is 0. The van der Waals surface area contributed by atoms with Gasteiger partial charge in [-0.05, 0) is 67.7 Å². The quantitative estimate of drug-likeness (QED) is 0.399. The van der Waals surface area contributed by atoms with E-state index in [2.05, 4.69) is 57.4 Å². The number of anilines is 1. The Morgan fingerprint density at radius 3 is 2.50 bits per heavy atom. The van der Waals surface area contributed by atoms with Gasteiger partial charge in [0.25, 0.3) is 0 Å². The van der Waals surface area contributed by atoms with Crippen LogP contribution in [0.3, 0.4) is 0 Å². The second kappa shape index (κ2) is 9.49. The standard InChI is InChI=1S/C27H25N5OS/c1-19-12-14-21(15-13-19)31-17-7-11-23(31)26-25(22-10-5-6-16-28-22)30-27(34)32(26)18-24(33)29-20-8-3-2-4-9-20/h2-17,25-26H,18H2,1H3,(H,29,33)(H,30,34). The summed E-state index contributed by atoms with van der Waals surface area (Å²) in [5.41, 5.74) is 4.91. The molecule has 1 aliphatic rings. The molecule has 7 heteroatoms. The van der Waals surface area contributed by atoms with E-state index in [9.17, 15) is 4.79 Å². The normalized spacial score (nSPS) is 17.4. The van der Waals surface area contributed by atoms with E-state index >= 15 is 0 Å². The van der Waals surface area contributed by atoms with Crippen molar-refractivity contribution in [3.05, 3.63) is 114 Å². The van der Waals surface area contributed by atoms with Gasteiger partial charge < -0.3 is 20.1 Å². The number of aryl methyl sites for hydroxylation is 1. The Morgan fingerprint density at radius 2 is 1.76 bits per heavy atom. The van der Waals surface area contributed by atoms with Crippen molar-refractivity contribution >= 4 is 28.9 Å². The predicted octanol–water partition coefficient (Wildman–Crippen LogP) is 4.79. The Bertz CT molecular complexity index is 1290. The molecule has 2 atom stereocenters. The van der Waals surface area contributed by atoms with Crippen molar-refractivity contribution in [1.29, 1.82) is 0 Å². The van der Waals surface area contributed by atoms with Gasteiger partial charge in [0, 0.05) is 29.5 Å². The minimum absolute atomic E-state index is 0.119. The molecule has 3 heterocycles. The molecule has 4 aromatic rings. The number of rotatable bonds is 6. The first kappa shape index (κ1) is 21.9. The number of para-hydroxylation sites is 1. The summed E-state index contributed by atoms with van der Waals surface area (Å²) >= 11 is 5.73. The number of carbonyl (C=O) groups excluding carboxylic acids is 1. The Balaban J connectivity index is 1.51. The van der Waals surface area contributed by atoms with Crippen LogP contribution in [0, 0.1) is 6.92 Å². The molecule has 2 unspecified atom stereocenters. The van der Waals surface area contributed by atoms with Crippen LogP contribution >= 0.6 is 12.2 Å². The van der Waals surface area contributed by atoms with Gasteiger partial charge in [-0.1, -0.05) is 42.0 Å². The van der Waals surface area contributed by atoms with E-state index in [0.29, 0.717) is 5.11 Å². The highest BCUT2D eigenvalue weighted by Crippen LogP contribution is 2.39. The zero-order chi connectivity index (χ0) is 23.5. The van der Waals surface area contributed by atoms with Gasteiger partial charge in [-0.25, -0.2) is 0 Å². The second-order valence-corrected chi connectivity index (χ2v) is 8.69. The Kier molecular flexibility index (Phi) is 6.10. The lowest BCUT2D eigenvalue weighted by atomic mass is 10.0. The fraction of sp³-hybridized carbons (Fsp3) is 0.148. The van der Waals surface area contributed by atoms with Gasteiger partial charge in [0.1, 0.15) is 6.54 Å². The fourth-order valence-electron chi connectivity index (χ4n) is 4.35. The number of nitrogens with one attached hydrogen (secondary N) is 2. The number of nitrogens with zero attached hydrogens (tertiary/aromatic N) is 3. The number of pyridine rings is 1. The number of amides is 1. The molecule has 0 aliphatic carbocycles. The largest absolute Gasteiger partial charge is 0.352 e. The average Bonchev–Trinajstić information content (AvgIpc) is 3.45. The lowest BCUT2D eigenvalue weighted by Gasteiger charge is -2.28. The monoisotopic (exact) mass is 467 g/mol. The molecule has 34 heavy (non-hydrogen) atoms. The third kappa shape index (κ3) is 4.43. The molecular formula is C27H25N5OS. The smallest absolute Gasteiger partial charge is 0.244 e. The molecule has 6 nitrogen and oxygen atoms in total. The molecule has 2 aromatic carbocycles. The van der Waals surface area contributed by atoms with E-state index in [1.54, 1.807) is 6.20 Å². The van der Waals surface area contributed by atoms with Gasteiger partial charge in [-0.2, -0.15) is 0 Å². The first-order chi connectivity index (χ1) is 16.6. The minimum atomic E-state index is -0.222. The minimum Gasteiger partial charge on any atom is -0.352 e. The Hall–Kier alpha value is -3.97. The van der Waals surface area contributed by atoms with Crippen molar-refractivity contribution in [2.75, 3.05) is 11.9 Å². The summed E-state index contributed by atoms with van der Waals surface area (Å²) in [6.45, 7) is 2.19. The van der Waals surface area contributed by atoms with E-state index < -0.39 is 0 Å². The maximum Gasteiger partial charge on any atom is 0.244 e. The van der Waals surface area contributed by atoms with Crippen molar-refractivity contribution in [2.24, 2.45) is 0 Å². The molecule has 2 N–H and O–H groups in total. The van der Waals surface area contributed by atoms with Crippen LogP contribution in [0.15, 0.2) is 97.3 Å². The summed E-state index contributed by atoms with van der Waals surface area (Å²) in [5.74, 6) is -0.129. The molecule has 170 valence electrons. The average molecular weight is 468 g/mol. The molecule has 5 rings (SSSR count). The zero-order valence-electron chi connectivity index (χ0n) is 18.8. The highest BCUT2D eigenvalue weighted by atomic mass is 32.1. The van der Waals surface area contributed by atoms with Crippen LogP contribution < -0.4 is 10.6 Å². The maximum absolute atomic E-state index is 13.0. The van der Waals surface area contributed by atoms with Crippen molar-refractivity contribution in [3.63, 3.8) is 0 Å².